The van der Waals surface area contributed by atoms with Gasteiger partial charge in [-0.2, -0.15) is 10.5 Å². The van der Waals surface area contributed by atoms with Crippen molar-refractivity contribution >= 4 is 11.8 Å². The lowest BCUT2D eigenvalue weighted by molar-refractivity contribution is -0.129. The van der Waals surface area contributed by atoms with Gasteiger partial charge in [-0.25, -0.2) is 0 Å². The van der Waals surface area contributed by atoms with Crippen molar-refractivity contribution in [3.63, 3.8) is 0 Å². The number of amides is 2. The van der Waals surface area contributed by atoms with E-state index in [4.69, 9.17) is 20.0 Å². The van der Waals surface area contributed by atoms with Gasteiger partial charge >= 0.3 is 0 Å². The van der Waals surface area contributed by atoms with Gasteiger partial charge in [-0.1, -0.05) is 24.3 Å². The highest BCUT2D eigenvalue weighted by atomic mass is 16.5. The molecule has 2 unspecified atom stereocenters. The summed E-state index contributed by atoms with van der Waals surface area (Å²) in [5.74, 6) is 0.168. The van der Waals surface area contributed by atoms with Crippen molar-refractivity contribution in [3.05, 3.63) is 59.7 Å². The van der Waals surface area contributed by atoms with Gasteiger partial charge in [0.15, 0.2) is 12.2 Å². The van der Waals surface area contributed by atoms with Crippen LogP contribution in [0.3, 0.4) is 0 Å². The van der Waals surface area contributed by atoms with Gasteiger partial charge < -0.3 is 20.1 Å². The number of benzene rings is 2. The standard InChI is InChI=1S/C24H24N4O4/c1-15(31-21-9-5-3-7-17(21)13-25)23(29)27-19-11-20(12-19)28-24(30)16(2)32-22-10-6-4-8-18(22)14-26/h3-10,15-16,19-20H,11-12H2,1-2H3,(H,27,29)(H,28,30). The monoisotopic (exact) mass is 432 g/mol. The largest absolute Gasteiger partial charge is 0.480 e. The average Bonchev–Trinajstić information content (AvgIpc) is 2.77. The number of nitrogens with one attached hydrogen (secondary N) is 2. The van der Waals surface area contributed by atoms with E-state index in [1.54, 1.807) is 62.4 Å². The Morgan fingerprint density at radius 1 is 0.812 bits per heavy atom. The zero-order chi connectivity index (χ0) is 23.1. The topological polar surface area (TPSA) is 124 Å². The Morgan fingerprint density at radius 2 is 1.19 bits per heavy atom. The van der Waals surface area contributed by atoms with Crippen LogP contribution in [0.15, 0.2) is 48.5 Å². The lowest BCUT2D eigenvalue weighted by Gasteiger charge is -2.37. The van der Waals surface area contributed by atoms with Crippen LogP contribution >= 0.6 is 0 Å². The molecular formula is C24H24N4O4. The van der Waals surface area contributed by atoms with Gasteiger partial charge in [0.25, 0.3) is 11.8 Å². The van der Waals surface area contributed by atoms with E-state index in [0.717, 1.165) is 0 Å². The first kappa shape index (κ1) is 22.6. The van der Waals surface area contributed by atoms with Crippen molar-refractivity contribution in [2.45, 2.75) is 51.0 Å². The zero-order valence-corrected chi connectivity index (χ0v) is 17.9. The van der Waals surface area contributed by atoms with E-state index in [2.05, 4.69) is 10.6 Å². The molecule has 32 heavy (non-hydrogen) atoms. The summed E-state index contributed by atoms with van der Waals surface area (Å²) in [7, 11) is 0. The van der Waals surface area contributed by atoms with Gasteiger partial charge in [0.1, 0.15) is 23.6 Å². The molecule has 164 valence electrons. The number of rotatable bonds is 8. The molecule has 2 N–H and O–H groups in total. The predicted octanol–water partition coefficient (Wildman–Crippen LogP) is 2.43. The van der Waals surface area contributed by atoms with Gasteiger partial charge in [-0.3, -0.25) is 9.59 Å². The lowest BCUT2D eigenvalue weighted by Crippen LogP contribution is -2.56. The highest BCUT2D eigenvalue weighted by Gasteiger charge is 2.33. The molecule has 0 aromatic heterocycles. The van der Waals surface area contributed by atoms with Crippen LogP contribution in [0.25, 0.3) is 0 Å². The molecule has 1 saturated carbocycles. The number of hydrogen-bond donors (Lipinski definition) is 2. The molecular weight excluding hydrogens is 408 g/mol. The maximum absolute atomic E-state index is 12.4. The van der Waals surface area contributed by atoms with E-state index in [1.807, 2.05) is 12.1 Å². The highest BCUT2D eigenvalue weighted by Crippen LogP contribution is 2.23. The summed E-state index contributed by atoms with van der Waals surface area (Å²) in [6, 6.07) is 17.4. The zero-order valence-electron chi connectivity index (χ0n) is 17.9. The second-order valence-electron chi connectivity index (χ2n) is 7.62. The van der Waals surface area contributed by atoms with Gasteiger partial charge in [0.05, 0.1) is 11.1 Å². The summed E-state index contributed by atoms with van der Waals surface area (Å²) in [6.45, 7) is 3.25. The molecule has 1 aliphatic rings. The fourth-order valence-corrected chi connectivity index (χ4v) is 3.30. The Bertz CT molecular complexity index is 983. The molecule has 2 aromatic carbocycles. The average molecular weight is 432 g/mol. The third-order valence-corrected chi connectivity index (χ3v) is 5.19. The Kier molecular flexibility index (Phi) is 7.30. The summed E-state index contributed by atoms with van der Waals surface area (Å²) in [5.41, 5.74) is 0.736. The molecule has 8 nitrogen and oxygen atoms in total. The van der Waals surface area contributed by atoms with E-state index >= 15 is 0 Å². The van der Waals surface area contributed by atoms with Crippen LogP contribution < -0.4 is 20.1 Å². The predicted molar refractivity (Wildman–Crippen MR) is 116 cm³/mol. The second-order valence-corrected chi connectivity index (χ2v) is 7.62. The van der Waals surface area contributed by atoms with Crippen molar-refractivity contribution in [3.8, 4) is 23.6 Å². The van der Waals surface area contributed by atoms with Crippen molar-refractivity contribution in [2.75, 3.05) is 0 Å². The Labute approximate surface area is 186 Å². The number of ether oxygens (including phenoxy) is 2. The molecule has 1 aliphatic carbocycles. The minimum absolute atomic E-state index is 0.0689. The minimum atomic E-state index is -0.758. The smallest absolute Gasteiger partial charge is 0.260 e. The van der Waals surface area contributed by atoms with Crippen LogP contribution in [0.4, 0.5) is 0 Å². The fourth-order valence-electron chi connectivity index (χ4n) is 3.30. The van der Waals surface area contributed by atoms with Crippen molar-refractivity contribution < 1.29 is 19.1 Å². The van der Waals surface area contributed by atoms with Crippen LogP contribution in [0.5, 0.6) is 11.5 Å². The Hall–Kier alpha value is -4.04. The summed E-state index contributed by atoms with van der Waals surface area (Å²) >= 11 is 0. The Balaban J connectivity index is 1.42. The van der Waals surface area contributed by atoms with E-state index in [-0.39, 0.29) is 23.9 Å². The minimum Gasteiger partial charge on any atom is -0.480 e. The summed E-state index contributed by atoms with van der Waals surface area (Å²) in [5, 5.41) is 24.0. The van der Waals surface area contributed by atoms with Crippen LogP contribution in [0.1, 0.15) is 37.8 Å². The quantitative estimate of drug-likeness (QED) is 0.660. The molecule has 0 saturated heterocycles. The van der Waals surface area contributed by atoms with Gasteiger partial charge in [0, 0.05) is 12.1 Å². The van der Waals surface area contributed by atoms with E-state index in [0.29, 0.717) is 35.5 Å². The van der Waals surface area contributed by atoms with Gasteiger partial charge in [-0.15, -0.1) is 0 Å². The SMILES string of the molecule is CC(Oc1ccccc1C#N)C(=O)NC1CC(NC(=O)C(C)Oc2ccccc2C#N)C1. The fraction of sp³-hybridized carbons (Fsp3) is 0.333. The molecule has 8 heteroatoms. The van der Waals surface area contributed by atoms with E-state index in [1.165, 1.54) is 0 Å². The van der Waals surface area contributed by atoms with Crippen LogP contribution in [0.2, 0.25) is 0 Å². The molecule has 2 aromatic rings. The first-order valence-electron chi connectivity index (χ1n) is 10.3. The Morgan fingerprint density at radius 3 is 1.56 bits per heavy atom. The molecule has 0 heterocycles. The lowest BCUT2D eigenvalue weighted by atomic mass is 9.86. The molecule has 1 fully saturated rings. The molecule has 2 amide bonds. The maximum Gasteiger partial charge on any atom is 0.260 e. The number of carbonyl (C=O) groups is 2. The number of nitriles is 2. The molecule has 0 spiro atoms. The first-order valence-corrected chi connectivity index (χ1v) is 10.3. The number of carbonyl (C=O) groups excluding carboxylic acids is 2. The molecule has 2 atom stereocenters. The van der Waals surface area contributed by atoms with Gasteiger partial charge in [-0.05, 0) is 51.0 Å². The van der Waals surface area contributed by atoms with Gasteiger partial charge in [0.2, 0.25) is 0 Å². The van der Waals surface area contributed by atoms with E-state index < -0.39 is 12.2 Å². The van der Waals surface area contributed by atoms with Crippen LogP contribution in [-0.4, -0.2) is 36.1 Å². The summed E-state index contributed by atoms with van der Waals surface area (Å²) < 4.78 is 11.2. The third kappa shape index (κ3) is 5.55. The van der Waals surface area contributed by atoms with Crippen LogP contribution in [0, 0.1) is 22.7 Å². The number of hydrogen-bond acceptors (Lipinski definition) is 6. The normalized spacial score (nSPS) is 18.6. The maximum atomic E-state index is 12.4. The molecule has 0 bridgehead atoms. The summed E-state index contributed by atoms with van der Waals surface area (Å²) in [6.07, 6.45) is -0.320. The second kappa shape index (κ2) is 10.3. The molecule has 3 rings (SSSR count). The van der Waals surface area contributed by atoms with Crippen molar-refractivity contribution in [1.82, 2.24) is 10.6 Å². The van der Waals surface area contributed by atoms with Crippen LogP contribution in [-0.2, 0) is 9.59 Å². The van der Waals surface area contributed by atoms with E-state index in [9.17, 15) is 9.59 Å². The first-order chi connectivity index (χ1) is 15.4. The number of para-hydroxylation sites is 2. The third-order valence-electron chi connectivity index (χ3n) is 5.19. The molecule has 0 aliphatic heterocycles. The molecule has 0 radical (unpaired) electrons. The van der Waals surface area contributed by atoms with Crippen molar-refractivity contribution in [1.29, 1.82) is 10.5 Å². The number of nitrogens with zero attached hydrogens (tertiary/aromatic N) is 2. The highest BCUT2D eigenvalue weighted by molar-refractivity contribution is 5.82. The summed E-state index contributed by atoms with van der Waals surface area (Å²) in [4.78, 5) is 24.8. The van der Waals surface area contributed by atoms with Crippen molar-refractivity contribution in [2.24, 2.45) is 0 Å².